The van der Waals surface area contributed by atoms with E-state index in [2.05, 4.69) is 22.5 Å². The number of carbonyl (C=O) groups excluding carboxylic acids is 1. The first-order valence-corrected chi connectivity index (χ1v) is 9.67. The minimum Gasteiger partial charge on any atom is -0.387 e. The molecule has 1 amide bonds. The Bertz CT molecular complexity index is 570. The van der Waals surface area contributed by atoms with Crippen molar-refractivity contribution in [3.05, 3.63) is 24.3 Å². The lowest BCUT2D eigenvalue weighted by atomic mass is 9.84. The fourth-order valence-corrected chi connectivity index (χ4v) is 4.34. The maximum absolute atomic E-state index is 11.3. The number of hydrogen-bond acceptors (Lipinski definition) is 4. The number of anilines is 2. The van der Waals surface area contributed by atoms with Crippen molar-refractivity contribution in [1.82, 2.24) is 4.90 Å². The first-order chi connectivity index (χ1) is 12.2. The number of likely N-dealkylation sites (tertiary alicyclic amines) is 1. The van der Waals surface area contributed by atoms with Crippen molar-refractivity contribution in [2.45, 2.75) is 57.5 Å². The fraction of sp³-hybridized carbons (Fsp3) is 0.650. The van der Waals surface area contributed by atoms with Crippen LogP contribution < -0.4 is 10.6 Å². The Balaban J connectivity index is 1.50. The summed E-state index contributed by atoms with van der Waals surface area (Å²) < 4.78 is 0. The summed E-state index contributed by atoms with van der Waals surface area (Å²) in [5.41, 5.74) is 1.75. The second-order valence-electron chi connectivity index (χ2n) is 7.57. The molecule has 0 bridgehead atoms. The Morgan fingerprint density at radius 2 is 1.88 bits per heavy atom. The first kappa shape index (κ1) is 18.2. The van der Waals surface area contributed by atoms with E-state index in [1.54, 1.807) is 0 Å². The van der Waals surface area contributed by atoms with E-state index in [4.69, 9.17) is 5.11 Å². The lowest BCUT2D eigenvalue weighted by Gasteiger charge is -2.42. The van der Waals surface area contributed by atoms with Crippen molar-refractivity contribution >= 4 is 17.3 Å². The number of aliphatic hydroxyl groups excluding tert-OH is 1. The van der Waals surface area contributed by atoms with E-state index in [0.717, 1.165) is 36.2 Å². The largest absolute Gasteiger partial charge is 0.387 e. The molecule has 25 heavy (non-hydrogen) atoms. The smallest absolute Gasteiger partial charge is 0.250 e. The molecule has 1 saturated heterocycles. The zero-order chi connectivity index (χ0) is 17.6. The van der Waals surface area contributed by atoms with Crippen LogP contribution in [0.2, 0.25) is 0 Å². The number of piperidine rings is 1. The number of benzene rings is 1. The molecule has 2 unspecified atom stereocenters. The third kappa shape index (κ3) is 4.95. The van der Waals surface area contributed by atoms with E-state index >= 15 is 0 Å². The number of nitrogens with one attached hydrogen (secondary N) is 2. The molecular weight excluding hydrogens is 314 g/mol. The molecule has 0 radical (unpaired) electrons. The number of carbonyl (C=O) groups is 1. The van der Waals surface area contributed by atoms with Gasteiger partial charge in [-0.1, -0.05) is 25.8 Å². The Hall–Kier alpha value is -1.59. The highest BCUT2D eigenvalue weighted by molar-refractivity contribution is 5.91. The van der Waals surface area contributed by atoms with Gasteiger partial charge in [0.25, 0.3) is 0 Å². The number of nitrogens with zero attached hydrogens (tertiary/aromatic N) is 1. The van der Waals surface area contributed by atoms with Gasteiger partial charge in [0.1, 0.15) is 6.61 Å². The second-order valence-corrected chi connectivity index (χ2v) is 7.57. The molecule has 1 saturated carbocycles. The number of rotatable bonds is 5. The predicted octanol–water partition coefficient (Wildman–Crippen LogP) is 3.07. The summed E-state index contributed by atoms with van der Waals surface area (Å²) in [5, 5.41) is 15.1. The van der Waals surface area contributed by atoms with E-state index in [0.29, 0.717) is 6.04 Å². The van der Waals surface area contributed by atoms with Gasteiger partial charge in [-0.05, 0) is 49.8 Å². The molecule has 2 atom stereocenters. The summed E-state index contributed by atoms with van der Waals surface area (Å²) in [6.07, 6.45) is 7.87. The van der Waals surface area contributed by atoms with Crippen LogP contribution in [0.5, 0.6) is 0 Å². The van der Waals surface area contributed by atoms with Crippen LogP contribution in [-0.2, 0) is 4.79 Å². The highest BCUT2D eigenvalue weighted by Crippen LogP contribution is 2.30. The molecular formula is C20H31N3O2. The van der Waals surface area contributed by atoms with E-state index in [9.17, 15) is 4.79 Å². The summed E-state index contributed by atoms with van der Waals surface area (Å²) in [6, 6.07) is 9.00. The SMILES string of the molecule is CC1CCCCC1N1CCC(Nc2cccc(NC(=O)CO)c2)CC1. The molecule has 2 fully saturated rings. The van der Waals surface area contributed by atoms with Gasteiger partial charge < -0.3 is 15.7 Å². The molecule has 1 aromatic rings. The molecule has 2 aliphatic rings. The topological polar surface area (TPSA) is 64.6 Å². The molecule has 3 rings (SSSR count). The van der Waals surface area contributed by atoms with Gasteiger partial charge in [0, 0.05) is 36.5 Å². The molecule has 0 spiro atoms. The Morgan fingerprint density at radius 3 is 2.60 bits per heavy atom. The highest BCUT2D eigenvalue weighted by Gasteiger charge is 2.30. The van der Waals surface area contributed by atoms with Crippen LogP contribution >= 0.6 is 0 Å². The van der Waals surface area contributed by atoms with E-state index in [1.807, 2.05) is 24.3 Å². The van der Waals surface area contributed by atoms with Crippen LogP contribution in [0.15, 0.2) is 24.3 Å². The van der Waals surface area contributed by atoms with Crippen LogP contribution in [0.25, 0.3) is 0 Å². The summed E-state index contributed by atoms with van der Waals surface area (Å²) in [4.78, 5) is 14.0. The van der Waals surface area contributed by atoms with Crippen molar-refractivity contribution in [2.24, 2.45) is 5.92 Å². The van der Waals surface area contributed by atoms with Gasteiger partial charge in [-0.25, -0.2) is 0 Å². The molecule has 1 aliphatic heterocycles. The van der Waals surface area contributed by atoms with E-state index < -0.39 is 6.61 Å². The van der Waals surface area contributed by atoms with Crippen LogP contribution in [0.1, 0.15) is 45.4 Å². The van der Waals surface area contributed by atoms with Gasteiger partial charge in [-0.15, -0.1) is 0 Å². The Morgan fingerprint density at radius 1 is 1.16 bits per heavy atom. The lowest BCUT2D eigenvalue weighted by Crippen LogP contribution is -2.48. The standard InChI is InChI=1S/C20H31N3O2/c1-15-5-2-3-8-19(15)23-11-9-16(10-12-23)21-17-6-4-7-18(13-17)22-20(25)14-24/h4,6-7,13,15-16,19,21,24H,2-3,5,8-12,14H2,1H3,(H,22,25). The van der Waals surface area contributed by atoms with Crippen molar-refractivity contribution in [3.63, 3.8) is 0 Å². The van der Waals surface area contributed by atoms with Crippen molar-refractivity contribution in [3.8, 4) is 0 Å². The Kier molecular flexibility index (Phi) is 6.32. The second kappa shape index (κ2) is 8.68. The zero-order valence-corrected chi connectivity index (χ0v) is 15.2. The molecule has 0 aromatic heterocycles. The van der Waals surface area contributed by atoms with Crippen molar-refractivity contribution < 1.29 is 9.90 Å². The van der Waals surface area contributed by atoms with Crippen LogP contribution in [0, 0.1) is 5.92 Å². The number of hydrogen-bond donors (Lipinski definition) is 3. The molecule has 1 aromatic carbocycles. The minimum absolute atomic E-state index is 0.382. The van der Waals surface area contributed by atoms with Gasteiger partial charge in [-0.2, -0.15) is 0 Å². The normalized spacial score (nSPS) is 25.5. The summed E-state index contributed by atoms with van der Waals surface area (Å²) >= 11 is 0. The van der Waals surface area contributed by atoms with Crippen LogP contribution in [0.4, 0.5) is 11.4 Å². The van der Waals surface area contributed by atoms with E-state index in [-0.39, 0.29) is 5.91 Å². The van der Waals surface area contributed by atoms with E-state index in [1.165, 1.54) is 38.8 Å². The zero-order valence-electron chi connectivity index (χ0n) is 15.2. The minimum atomic E-state index is -0.490. The van der Waals surface area contributed by atoms with Crippen LogP contribution in [0.3, 0.4) is 0 Å². The fourth-order valence-electron chi connectivity index (χ4n) is 4.34. The average Bonchev–Trinajstić information content (AvgIpc) is 2.63. The van der Waals surface area contributed by atoms with Gasteiger partial charge in [0.15, 0.2) is 0 Å². The quantitative estimate of drug-likeness (QED) is 0.767. The maximum Gasteiger partial charge on any atom is 0.250 e. The summed E-state index contributed by atoms with van der Waals surface area (Å²) in [5.74, 6) is 0.456. The Labute approximate surface area is 150 Å². The molecule has 5 heteroatoms. The number of amides is 1. The third-order valence-electron chi connectivity index (χ3n) is 5.73. The molecule has 1 aliphatic carbocycles. The van der Waals surface area contributed by atoms with Gasteiger partial charge in [-0.3, -0.25) is 9.69 Å². The van der Waals surface area contributed by atoms with Gasteiger partial charge in [0.2, 0.25) is 5.91 Å². The average molecular weight is 345 g/mol. The monoisotopic (exact) mass is 345 g/mol. The molecule has 1 heterocycles. The van der Waals surface area contributed by atoms with Gasteiger partial charge in [0.05, 0.1) is 0 Å². The predicted molar refractivity (Wildman–Crippen MR) is 102 cm³/mol. The first-order valence-electron chi connectivity index (χ1n) is 9.67. The van der Waals surface area contributed by atoms with Crippen molar-refractivity contribution in [1.29, 1.82) is 0 Å². The number of aliphatic hydroxyl groups is 1. The third-order valence-corrected chi connectivity index (χ3v) is 5.73. The molecule has 138 valence electrons. The lowest BCUT2D eigenvalue weighted by molar-refractivity contribution is -0.118. The molecule has 5 nitrogen and oxygen atoms in total. The van der Waals surface area contributed by atoms with Crippen molar-refractivity contribution in [2.75, 3.05) is 30.3 Å². The molecule has 3 N–H and O–H groups in total. The summed E-state index contributed by atoms with van der Waals surface area (Å²) in [6.45, 7) is 4.28. The van der Waals surface area contributed by atoms with Crippen LogP contribution in [-0.4, -0.2) is 47.7 Å². The maximum atomic E-state index is 11.3. The van der Waals surface area contributed by atoms with Gasteiger partial charge >= 0.3 is 0 Å². The summed E-state index contributed by atoms with van der Waals surface area (Å²) in [7, 11) is 0. The highest BCUT2D eigenvalue weighted by atomic mass is 16.3.